The summed E-state index contributed by atoms with van der Waals surface area (Å²) in [7, 11) is -2.20. The third-order valence-electron chi connectivity index (χ3n) is 5.13. The summed E-state index contributed by atoms with van der Waals surface area (Å²) in [6.45, 7) is 3.89. The van der Waals surface area contributed by atoms with Gasteiger partial charge in [0.2, 0.25) is 15.9 Å². The zero-order chi connectivity index (χ0) is 24.0. The third kappa shape index (κ3) is 6.26. The number of benzene rings is 2. The molecule has 174 valence electrons. The highest BCUT2D eigenvalue weighted by Gasteiger charge is 2.30. The fraction of sp³-hybridized carbons (Fsp3) is 0.208. The predicted octanol–water partition coefficient (Wildman–Crippen LogP) is 4.74. The van der Waals surface area contributed by atoms with Gasteiger partial charge in [0.1, 0.15) is 4.90 Å². The summed E-state index contributed by atoms with van der Waals surface area (Å²) in [6, 6.07) is 17.6. The Balaban J connectivity index is 1.90. The van der Waals surface area contributed by atoms with Crippen molar-refractivity contribution < 1.29 is 13.2 Å². The Hall–Kier alpha value is -2.58. The van der Waals surface area contributed by atoms with Gasteiger partial charge in [-0.1, -0.05) is 59.6 Å². The topological polar surface area (TPSA) is 62.6 Å². The van der Waals surface area contributed by atoms with Crippen molar-refractivity contribution in [1.82, 2.24) is 13.8 Å². The zero-order valence-electron chi connectivity index (χ0n) is 18.2. The fourth-order valence-corrected chi connectivity index (χ4v) is 5.45. The summed E-state index contributed by atoms with van der Waals surface area (Å²) in [6.07, 6.45) is 3.33. The molecule has 3 aromatic rings. The van der Waals surface area contributed by atoms with Crippen LogP contribution in [0.3, 0.4) is 0 Å². The minimum atomic E-state index is -4.10. The molecule has 0 unspecified atom stereocenters. The molecule has 0 aliphatic carbocycles. The molecule has 0 aliphatic heterocycles. The number of hydrogen-bond acceptors (Lipinski definition) is 3. The van der Waals surface area contributed by atoms with Crippen LogP contribution in [0.15, 0.2) is 84.4 Å². The first-order valence-electron chi connectivity index (χ1n) is 10.2. The molecule has 0 saturated carbocycles. The molecule has 1 aromatic heterocycles. The standard InChI is InChI=1S/C24H25Cl2N3O3S/c1-3-13-29(33(31,32)23-15-20(25)11-12-22(23)26)18-24(30)28(16-19-8-5-4-6-9-19)17-21-10-7-14-27(21)2/h3-12,14-15H,1,13,16-18H2,2H3. The van der Waals surface area contributed by atoms with Crippen LogP contribution in [0.4, 0.5) is 0 Å². The van der Waals surface area contributed by atoms with Gasteiger partial charge < -0.3 is 9.47 Å². The van der Waals surface area contributed by atoms with E-state index in [0.717, 1.165) is 15.6 Å². The highest BCUT2D eigenvalue weighted by molar-refractivity contribution is 7.89. The van der Waals surface area contributed by atoms with E-state index in [1.54, 1.807) is 4.90 Å². The summed E-state index contributed by atoms with van der Waals surface area (Å²) < 4.78 is 29.7. The Morgan fingerprint density at radius 1 is 1.06 bits per heavy atom. The van der Waals surface area contributed by atoms with E-state index >= 15 is 0 Å². The predicted molar refractivity (Wildman–Crippen MR) is 132 cm³/mol. The van der Waals surface area contributed by atoms with E-state index in [-0.39, 0.29) is 33.9 Å². The maximum atomic E-state index is 13.4. The highest BCUT2D eigenvalue weighted by atomic mass is 35.5. The molecule has 1 heterocycles. The van der Waals surface area contributed by atoms with Gasteiger partial charge in [-0.05, 0) is 35.9 Å². The summed E-state index contributed by atoms with van der Waals surface area (Å²) in [5.41, 5.74) is 1.87. The lowest BCUT2D eigenvalue weighted by atomic mass is 10.2. The number of sulfonamides is 1. The largest absolute Gasteiger partial charge is 0.353 e. The van der Waals surface area contributed by atoms with Crippen molar-refractivity contribution in [2.45, 2.75) is 18.0 Å². The van der Waals surface area contributed by atoms with Gasteiger partial charge in [0, 0.05) is 37.1 Å². The van der Waals surface area contributed by atoms with Crippen LogP contribution in [0, 0.1) is 0 Å². The normalized spacial score (nSPS) is 11.5. The monoisotopic (exact) mass is 505 g/mol. The Morgan fingerprint density at radius 2 is 1.79 bits per heavy atom. The van der Waals surface area contributed by atoms with E-state index in [9.17, 15) is 13.2 Å². The van der Waals surface area contributed by atoms with Crippen LogP contribution < -0.4 is 0 Å². The minimum absolute atomic E-state index is 0.0332. The summed E-state index contributed by atoms with van der Waals surface area (Å²) in [5, 5.41) is 0.267. The molecule has 1 amide bonds. The molecule has 0 saturated heterocycles. The van der Waals surface area contributed by atoms with Gasteiger partial charge in [-0.2, -0.15) is 4.31 Å². The molecular weight excluding hydrogens is 481 g/mol. The van der Waals surface area contributed by atoms with Gasteiger partial charge in [-0.25, -0.2) is 8.42 Å². The van der Waals surface area contributed by atoms with Crippen molar-refractivity contribution in [2.75, 3.05) is 13.1 Å². The summed E-state index contributed by atoms with van der Waals surface area (Å²) in [5.74, 6) is -0.344. The molecule has 0 fully saturated rings. The third-order valence-corrected chi connectivity index (χ3v) is 7.66. The molecule has 0 radical (unpaired) electrons. The van der Waals surface area contributed by atoms with E-state index in [1.807, 2.05) is 60.3 Å². The summed E-state index contributed by atoms with van der Waals surface area (Å²) in [4.78, 5) is 14.9. The van der Waals surface area contributed by atoms with Gasteiger partial charge in [-0.15, -0.1) is 6.58 Å². The number of carbonyl (C=O) groups is 1. The molecule has 0 aliphatic rings. The Bertz CT molecular complexity index is 1230. The quantitative estimate of drug-likeness (QED) is 0.374. The number of hydrogen-bond donors (Lipinski definition) is 0. The SMILES string of the molecule is C=CCN(CC(=O)N(Cc1ccccc1)Cc1cccn1C)S(=O)(=O)c1cc(Cl)ccc1Cl. The first kappa shape index (κ1) is 25.1. The Morgan fingerprint density at radius 3 is 2.42 bits per heavy atom. The van der Waals surface area contributed by atoms with Crippen LogP contribution in [0.1, 0.15) is 11.3 Å². The van der Waals surface area contributed by atoms with Crippen LogP contribution in [-0.4, -0.2) is 41.2 Å². The minimum Gasteiger partial charge on any atom is -0.353 e. The maximum absolute atomic E-state index is 13.4. The molecule has 0 atom stereocenters. The molecule has 0 N–H and O–H groups in total. The van der Waals surface area contributed by atoms with Crippen molar-refractivity contribution in [3.05, 3.63) is 101 Å². The zero-order valence-corrected chi connectivity index (χ0v) is 20.5. The summed E-state index contributed by atoms with van der Waals surface area (Å²) >= 11 is 12.2. The van der Waals surface area contributed by atoms with Gasteiger partial charge in [0.25, 0.3) is 0 Å². The van der Waals surface area contributed by atoms with Gasteiger partial charge in [0.15, 0.2) is 0 Å². The van der Waals surface area contributed by atoms with E-state index < -0.39 is 10.0 Å². The molecular formula is C24H25Cl2N3O3S. The molecule has 6 nitrogen and oxygen atoms in total. The molecule has 9 heteroatoms. The molecule has 0 bridgehead atoms. The van der Waals surface area contributed by atoms with Crippen LogP contribution in [0.25, 0.3) is 0 Å². The van der Waals surface area contributed by atoms with E-state index in [4.69, 9.17) is 23.2 Å². The van der Waals surface area contributed by atoms with Gasteiger partial charge >= 0.3 is 0 Å². The van der Waals surface area contributed by atoms with Gasteiger partial charge in [0.05, 0.1) is 18.1 Å². The number of nitrogens with zero attached hydrogens (tertiary/aromatic N) is 3. The molecule has 33 heavy (non-hydrogen) atoms. The number of halogens is 2. The van der Waals surface area contributed by atoms with Gasteiger partial charge in [-0.3, -0.25) is 4.79 Å². The van der Waals surface area contributed by atoms with Crippen molar-refractivity contribution in [2.24, 2.45) is 7.05 Å². The van der Waals surface area contributed by atoms with Crippen LogP contribution >= 0.6 is 23.2 Å². The number of rotatable bonds is 10. The van der Waals surface area contributed by atoms with Crippen molar-refractivity contribution in [3.63, 3.8) is 0 Å². The number of aryl methyl sites for hydroxylation is 1. The van der Waals surface area contributed by atoms with Crippen molar-refractivity contribution >= 4 is 39.1 Å². The first-order chi connectivity index (χ1) is 15.7. The average Bonchev–Trinajstić information content (AvgIpc) is 3.19. The number of amides is 1. The highest BCUT2D eigenvalue weighted by Crippen LogP contribution is 2.28. The lowest BCUT2D eigenvalue weighted by Crippen LogP contribution is -2.42. The fourth-order valence-electron chi connectivity index (χ4n) is 3.35. The smallest absolute Gasteiger partial charge is 0.245 e. The van der Waals surface area contributed by atoms with Crippen LogP contribution in [0.2, 0.25) is 10.0 Å². The Kier molecular flexibility index (Phi) is 8.37. The first-order valence-corrected chi connectivity index (χ1v) is 12.4. The van der Waals surface area contributed by atoms with Crippen molar-refractivity contribution in [1.29, 1.82) is 0 Å². The van der Waals surface area contributed by atoms with E-state index in [2.05, 4.69) is 6.58 Å². The molecule has 3 rings (SSSR count). The second-order valence-corrected chi connectivity index (χ2v) is 10.3. The van der Waals surface area contributed by atoms with Crippen LogP contribution in [-0.2, 0) is 35.0 Å². The second kappa shape index (κ2) is 11.0. The molecule has 2 aromatic carbocycles. The Labute approximate surface area is 204 Å². The molecule has 0 spiro atoms. The average molecular weight is 506 g/mol. The number of carbonyl (C=O) groups excluding carboxylic acids is 1. The van der Waals surface area contributed by atoms with Crippen molar-refractivity contribution in [3.8, 4) is 0 Å². The van der Waals surface area contributed by atoms with E-state index in [0.29, 0.717) is 13.1 Å². The second-order valence-electron chi connectivity index (χ2n) is 7.51. The maximum Gasteiger partial charge on any atom is 0.245 e. The van der Waals surface area contributed by atoms with Crippen LogP contribution in [0.5, 0.6) is 0 Å². The number of aromatic nitrogens is 1. The lowest BCUT2D eigenvalue weighted by Gasteiger charge is -2.27. The van der Waals surface area contributed by atoms with E-state index in [1.165, 1.54) is 24.3 Å². The lowest BCUT2D eigenvalue weighted by molar-refractivity contribution is -0.132.